The molecule has 0 radical (unpaired) electrons. The lowest BCUT2D eigenvalue weighted by Crippen LogP contribution is -2.04. The third-order valence-electron chi connectivity index (χ3n) is 2.10. The van der Waals surface area contributed by atoms with Gasteiger partial charge in [-0.3, -0.25) is 4.98 Å². The van der Waals surface area contributed by atoms with Crippen molar-refractivity contribution in [1.29, 1.82) is 0 Å². The first kappa shape index (κ1) is 10.5. The molecule has 0 atom stereocenters. The van der Waals surface area contributed by atoms with Gasteiger partial charge in [-0.1, -0.05) is 6.07 Å². The van der Waals surface area contributed by atoms with Gasteiger partial charge in [0.05, 0.1) is 24.7 Å². The van der Waals surface area contributed by atoms with Crippen LogP contribution >= 0.6 is 0 Å². The first-order valence-corrected chi connectivity index (χ1v) is 4.86. The summed E-state index contributed by atoms with van der Waals surface area (Å²) in [6.45, 7) is 0.344. The number of methoxy groups -OCH3 is 1. The number of nitrogens with zero attached hydrogens (tertiary/aromatic N) is 3. The van der Waals surface area contributed by atoms with Gasteiger partial charge in [0.2, 0.25) is 5.88 Å². The van der Waals surface area contributed by atoms with Crippen LogP contribution in [0.25, 0.3) is 11.4 Å². The summed E-state index contributed by atoms with van der Waals surface area (Å²) in [5, 5.41) is 0. The van der Waals surface area contributed by atoms with E-state index < -0.39 is 0 Å². The molecule has 2 N–H and O–H groups in total. The Hall–Kier alpha value is -2.01. The SMILES string of the molecule is COc1ncc(CN)nc1-c1ccccn1. The summed E-state index contributed by atoms with van der Waals surface area (Å²) < 4.78 is 5.14. The smallest absolute Gasteiger partial charge is 0.241 e. The van der Waals surface area contributed by atoms with E-state index in [1.807, 2.05) is 18.2 Å². The summed E-state index contributed by atoms with van der Waals surface area (Å²) in [7, 11) is 1.55. The first-order chi connectivity index (χ1) is 7.85. The van der Waals surface area contributed by atoms with E-state index in [4.69, 9.17) is 10.5 Å². The van der Waals surface area contributed by atoms with Crippen LogP contribution in [0.15, 0.2) is 30.6 Å². The topological polar surface area (TPSA) is 73.9 Å². The molecule has 0 aliphatic rings. The highest BCUT2D eigenvalue weighted by molar-refractivity contribution is 5.59. The van der Waals surface area contributed by atoms with E-state index in [2.05, 4.69) is 15.0 Å². The molecule has 0 bridgehead atoms. The molecule has 2 rings (SSSR count). The fourth-order valence-corrected chi connectivity index (χ4v) is 1.33. The largest absolute Gasteiger partial charge is 0.479 e. The third kappa shape index (κ3) is 1.99. The van der Waals surface area contributed by atoms with Crippen LogP contribution in [0.2, 0.25) is 0 Å². The molecule has 0 amide bonds. The molecule has 16 heavy (non-hydrogen) atoms. The van der Waals surface area contributed by atoms with Gasteiger partial charge in [0.15, 0.2) is 5.69 Å². The zero-order valence-corrected chi connectivity index (χ0v) is 8.92. The Morgan fingerprint density at radius 3 is 2.81 bits per heavy atom. The second-order valence-corrected chi connectivity index (χ2v) is 3.14. The third-order valence-corrected chi connectivity index (χ3v) is 2.10. The van der Waals surface area contributed by atoms with Gasteiger partial charge >= 0.3 is 0 Å². The highest BCUT2D eigenvalue weighted by Crippen LogP contribution is 2.23. The van der Waals surface area contributed by atoms with Crippen molar-refractivity contribution in [3.05, 3.63) is 36.3 Å². The van der Waals surface area contributed by atoms with E-state index in [1.165, 1.54) is 0 Å². The molecular weight excluding hydrogens is 204 g/mol. The molecule has 0 unspecified atom stereocenters. The van der Waals surface area contributed by atoms with E-state index in [-0.39, 0.29) is 0 Å². The second kappa shape index (κ2) is 4.67. The molecule has 0 saturated carbocycles. The first-order valence-electron chi connectivity index (χ1n) is 4.86. The van der Waals surface area contributed by atoms with Crippen molar-refractivity contribution in [2.45, 2.75) is 6.54 Å². The summed E-state index contributed by atoms with van der Waals surface area (Å²) in [4.78, 5) is 12.7. The average Bonchev–Trinajstić information content (AvgIpc) is 2.39. The Balaban J connectivity index is 2.53. The van der Waals surface area contributed by atoms with E-state index in [9.17, 15) is 0 Å². The molecule has 82 valence electrons. The van der Waals surface area contributed by atoms with E-state index >= 15 is 0 Å². The van der Waals surface area contributed by atoms with Gasteiger partial charge < -0.3 is 10.5 Å². The summed E-state index contributed by atoms with van der Waals surface area (Å²) in [6, 6.07) is 5.58. The van der Waals surface area contributed by atoms with Crippen molar-refractivity contribution < 1.29 is 4.74 Å². The summed E-state index contributed by atoms with van der Waals surface area (Å²) >= 11 is 0. The maximum Gasteiger partial charge on any atom is 0.241 e. The lowest BCUT2D eigenvalue weighted by Gasteiger charge is -2.06. The molecule has 0 aliphatic heterocycles. The number of hydrogen-bond acceptors (Lipinski definition) is 5. The summed E-state index contributed by atoms with van der Waals surface area (Å²) in [6.07, 6.45) is 3.30. The lowest BCUT2D eigenvalue weighted by molar-refractivity contribution is 0.397. The minimum atomic E-state index is 0.344. The lowest BCUT2D eigenvalue weighted by atomic mass is 10.2. The predicted molar refractivity (Wildman–Crippen MR) is 59.7 cm³/mol. The maximum atomic E-state index is 5.52. The quantitative estimate of drug-likeness (QED) is 0.828. The van der Waals surface area contributed by atoms with Crippen molar-refractivity contribution in [1.82, 2.24) is 15.0 Å². The van der Waals surface area contributed by atoms with E-state index in [0.29, 0.717) is 23.8 Å². The van der Waals surface area contributed by atoms with Crippen LogP contribution in [0.1, 0.15) is 5.69 Å². The zero-order chi connectivity index (χ0) is 11.4. The number of ether oxygens (including phenoxy) is 1. The van der Waals surface area contributed by atoms with Crippen molar-refractivity contribution in [2.24, 2.45) is 5.73 Å². The Kier molecular flexibility index (Phi) is 3.07. The number of pyridine rings is 1. The molecule has 0 aliphatic carbocycles. The summed E-state index contributed by atoms with van der Waals surface area (Å²) in [5.41, 5.74) is 7.58. The number of rotatable bonds is 3. The molecule has 2 aromatic rings. The maximum absolute atomic E-state index is 5.52. The van der Waals surface area contributed by atoms with Crippen LogP contribution in [-0.2, 0) is 6.54 Å². The van der Waals surface area contributed by atoms with E-state index in [0.717, 1.165) is 5.69 Å². The van der Waals surface area contributed by atoms with Crippen molar-refractivity contribution in [2.75, 3.05) is 7.11 Å². The number of nitrogens with two attached hydrogens (primary N) is 1. The summed E-state index contributed by atoms with van der Waals surface area (Å²) in [5.74, 6) is 0.455. The molecule has 5 nitrogen and oxygen atoms in total. The zero-order valence-electron chi connectivity index (χ0n) is 8.92. The molecule has 2 aromatic heterocycles. The van der Waals surface area contributed by atoms with Gasteiger partial charge in [-0.2, -0.15) is 0 Å². The van der Waals surface area contributed by atoms with Crippen LogP contribution in [0.3, 0.4) is 0 Å². The van der Waals surface area contributed by atoms with Crippen molar-refractivity contribution in [3.63, 3.8) is 0 Å². The monoisotopic (exact) mass is 216 g/mol. The molecule has 0 spiro atoms. The van der Waals surface area contributed by atoms with Crippen molar-refractivity contribution in [3.8, 4) is 17.3 Å². The fraction of sp³-hybridized carbons (Fsp3) is 0.182. The van der Waals surface area contributed by atoms with Gasteiger partial charge in [-0.15, -0.1) is 0 Å². The highest BCUT2D eigenvalue weighted by atomic mass is 16.5. The van der Waals surface area contributed by atoms with Crippen LogP contribution in [-0.4, -0.2) is 22.1 Å². The minimum absolute atomic E-state index is 0.344. The molecular formula is C11H12N4O. The van der Waals surface area contributed by atoms with Crippen molar-refractivity contribution >= 4 is 0 Å². The van der Waals surface area contributed by atoms with Gasteiger partial charge in [0.25, 0.3) is 0 Å². The molecule has 5 heteroatoms. The second-order valence-electron chi connectivity index (χ2n) is 3.14. The van der Waals surface area contributed by atoms with Gasteiger partial charge in [-0.05, 0) is 12.1 Å². The molecule has 0 fully saturated rings. The Labute approximate surface area is 93.3 Å². The van der Waals surface area contributed by atoms with Gasteiger partial charge in [-0.25, -0.2) is 9.97 Å². The van der Waals surface area contributed by atoms with Crippen LogP contribution in [0, 0.1) is 0 Å². The number of hydrogen-bond donors (Lipinski definition) is 1. The van der Waals surface area contributed by atoms with Gasteiger partial charge in [0, 0.05) is 12.7 Å². The average molecular weight is 216 g/mol. The predicted octanol–water partition coefficient (Wildman–Crippen LogP) is 1.01. The Morgan fingerprint density at radius 2 is 2.19 bits per heavy atom. The molecule has 0 aromatic carbocycles. The van der Waals surface area contributed by atoms with Gasteiger partial charge in [0.1, 0.15) is 0 Å². The minimum Gasteiger partial charge on any atom is -0.479 e. The van der Waals surface area contributed by atoms with Crippen LogP contribution in [0.4, 0.5) is 0 Å². The number of aromatic nitrogens is 3. The van der Waals surface area contributed by atoms with Crippen LogP contribution < -0.4 is 10.5 Å². The Morgan fingerprint density at radius 1 is 1.31 bits per heavy atom. The molecule has 0 saturated heterocycles. The fourth-order valence-electron chi connectivity index (χ4n) is 1.33. The Bertz CT molecular complexity index is 473. The standard InChI is InChI=1S/C11H12N4O/c1-16-11-10(9-4-2-3-5-13-9)15-8(6-12)7-14-11/h2-5,7H,6,12H2,1H3. The normalized spacial score (nSPS) is 10.1. The van der Waals surface area contributed by atoms with Crippen LogP contribution in [0.5, 0.6) is 5.88 Å². The molecule has 2 heterocycles. The van der Waals surface area contributed by atoms with E-state index in [1.54, 1.807) is 19.5 Å². The highest BCUT2D eigenvalue weighted by Gasteiger charge is 2.10.